The summed E-state index contributed by atoms with van der Waals surface area (Å²) in [6.07, 6.45) is 5.31. The van der Waals surface area contributed by atoms with E-state index in [-0.39, 0.29) is 17.9 Å². The van der Waals surface area contributed by atoms with Gasteiger partial charge in [0, 0.05) is 18.6 Å². The minimum atomic E-state index is -0.739. The third-order valence-corrected chi connectivity index (χ3v) is 4.54. The number of hydrogen-bond acceptors (Lipinski definition) is 3. The molecule has 1 aliphatic heterocycles. The Balaban J connectivity index is 1.90. The van der Waals surface area contributed by atoms with Crippen molar-refractivity contribution in [2.45, 2.75) is 58.0 Å². The standard InChI is InChI=1S/C15H26N2O3/c1-11(2)17(13-5-3-4-6-13)14(18)10-16-8-7-12(9-16)15(19)20/h11-13H,3-10H2,1-2H3,(H,19,20). The Morgan fingerprint density at radius 2 is 1.90 bits per heavy atom. The van der Waals surface area contributed by atoms with E-state index in [4.69, 9.17) is 5.11 Å². The van der Waals surface area contributed by atoms with E-state index in [2.05, 4.69) is 13.8 Å². The molecule has 5 nitrogen and oxygen atoms in total. The SMILES string of the molecule is CC(C)N(C(=O)CN1CCC(C(=O)O)C1)C1CCCC1. The molecule has 1 amide bonds. The summed E-state index contributed by atoms with van der Waals surface area (Å²) in [6, 6.07) is 0.615. The van der Waals surface area contributed by atoms with E-state index in [1.165, 1.54) is 12.8 Å². The number of rotatable bonds is 5. The first-order chi connectivity index (χ1) is 9.49. The molecule has 0 aromatic carbocycles. The number of nitrogens with zero attached hydrogens (tertiary/aromatic N) is 2. The number of carbonyl (C=O) groups excluding carboxylic acids is 1. The van der Waals surface area contributed by atoms with E-state index < -0.39 is 5.97 Å². The molecule has 1 N–H and O–H groups in total. The number of hydrogen-bond donors (Lipinski definition) is 1. The minimum absolute atomic E-state index is 0.165. The Bertz CT molecular complexity index is 364. The maximum absolute atomic E-state index is 12.5. The summed E-state index contributed by atoms with van der Waals surface area (Å²) < 4.78 is 0. The van der Waals surface area contributed by atoms with Gasteiger partial charge in [0.05, 0.1) is 12.5 Å². The van der Waals surface area contributed by atoms with E-state index in [9.17, 15) is 9.59 Å². The molecule has 1 heterocycles. The largest absolute Gasteiger partial charge is 0.481 e. The molecule has 5 heteroatoms. The van der Waals surface area contributed by atoms with Crippen LogP contribution < -0.4 is 0 Å². The first-order valence-electron chi connectivity index (χ1n) is 7.75. The topological polar surface area (TPSA) is 60.9 Å². The predicted molar refractivity (Wildman–Crippen MR) is 76.4 cm³/mol. The second-order valence-electron chi connectivity index (χ2n) is 6.39. The van der Waals surface area contributed by atoms with E-state index >= 15 is 0 Å². The van der Waals surface area contributed by atoms with Crippen LogP contribution in [0.25, 0.3) is 0 Å². The molecule has 1 aliphatic carbocycles. The van der Waals surface area contributed by atoms with Crippen molar-refractivity contribution in [2.75, 3.05) is 19.6 Å². The van der Waals surface area contributed by atoms with Crippen molar-refractivity contribution in [3.8, 4) is 0 Å². The molecule has 0 radical (unpaired) electrons. The zero-order valence-electron chi connectivity index (χ0n) is 12.5. The number of amides is 1. The molecule has 2 aliphatic rings. The first kappa shape index (κ1) is 15.3. The normalized spacial score (nSPS) is 24.4. The van der Waals surface area contributed by atoms with Gasteiger partial charge in [0.25, 0.3) is 0 Å². The van der Waals surface area contributed by atoms with Gasteiger partial charge >= 0.3 is 5.97 Å². The van der Waals surface area contributed by atoms with Crippen LogP contribution in [0.4, 0.5) is 0 Å². The van der Waals surface area contributed by atoms with Gasteiger partial charge in [-0.15, -0.1) is 0 Å². The van der Waals surface area contributed by atoms with E-state index in [1.807, 2.05) is 9.80 Å². The van der Waals surface area contributed by atoms with Gasteiger partial charge in [-0.1, -0.05) is 12.8 Å². The van der Waals surface area contributed by atoms with Gasteiger partial charge in [0.1, 0.15) is 0 Å². The zero-order valence-corrected chi connectivity index (χ0v) is 12.5. The zero-order chi connectivity index (χ0) is 14.7. The van der Waals surface area contributed by atoms with Crippen molar-refractivity contribution in [2.24, 2.45) is 5.92 Å². The molecule has 1 saturated carbocycles. The molecule has 0 bridgehead atoms. The van der Waals surface area contributed by atoms with Crippen LogP contribution >= 0.6 is 0 Å². The van der Waals surface area contributed by atoms with Crippen molar-refractivity contribution in [1.82, 2.24) is 9.80 Å². The highest BCUT2D eigenvalue weighted by Crippen LogP contribution is 2.26. The summed E-state index contributed by atoms with van der Waals surface area (Å²) in [6.45, 7) is 5.75. The molecule has 2 rings (SSSR count). The maximum atomic E-state index is 12.5. The number of carboxylic acids is 1. The molecular formula is C15H26N2O3. The predicted octanol–water partition coefficient (Wildman–Crippen LogP) is 1.57. The molecule has 2 fully saturated rings. The van der Waals surface area contributed by atoms with Crippen molar-refractivity contribution in [3.05, 3.63) is 0 Å². The average molecular weight is 282 g/mol. The summed E-state index contributed by atoms with van der Waals surface area (Å²) in [4.78, 5) is 27.5. The second kappa shape index (κ2) is 6.57. The summed E-state index contributed by atoms with van der Waals surface area (Å²) >= 11 is 0. The highest BCUT2D eigenvalue weighted by molar-refractivity contribution is 5.79. The lowest BCUT2D eigenvalue weighted by atomic mass is 10.1. The smallest absolute Gasteiger partial charge is 0.307 e. The third-order valence-electron chi connectivity index (χ3n) is 4.54. The summed E-state index contributed by atoms with van der Waals surface area (Å²) in [7, 11) is 0. The number of carbonyl (C=O) groups is 2. The quantitative estimate of drug-likeness (QED) is 0.831. The van der Waals surface area contributed by atoms with E-state index in [1.54, 1.807) is 0 Å². The molecule has 0 aromatic heterocycles. The molecule has 1 unspecified atom stereocenters. The van der Waals surface area contributed by atoms with E-state index in [0.29, 0.717) is 25.6 Å². The number of likely N-dealkylation sites (tertiary alicyclic amines) is 1. The highest BCUT2D eigenvalue weighted by Gasteiger charge is 2.33. The van der Waals surface area contributed by atoms with Crippen LogP contribution in [0, 0.1) is 5.92 Å². The van der Waals surface area contributed by atoms with Crippen LogP contribution in [0.3, 0.4) is 0 Å². The van der Waals surface area contributed by atoms with Gasteiger partial charge < -0.3 is 10.0 Å². The fourth-order valence-corrected chi connectivity index (χ4v) is 3.55. The highest BCUT2D eigenvalue weighted by atomic mass is 16.4. The van der Waals surface area contributed by atoms with Crippen LogP contribution in [-0.2, 0) is 9.59 Å². The lowest BCUT2D eigenvalue weighted by Gasteiger charge is -2.34. The molecule has 114 valence electrons. The van der Waals surface area contributed by atoms with Crippen LogP contribution in [0.1, 0.15) is 46.0 Å². The molecule has 0 aromatic rings. The van der Waals surface area contributed by atoms with Crippen LogP contribution in [0.15, 0.2) is 0 Å². The lowest BCUT2D eigenvalue weighted by molar-refractivity contribution is -0.142. The molecule has 0 spiro atoms. The van der Waals surface area contributed by atoms with Crippen molar-refractivity contribution < 1.29 is 14.7 Å². The maximum Gasteiger partial charge on any atom is 0.307 e. The minimum Gasteiger partial charge on any atom is -0.481 e. The van der Waals surface area contributed by atoms with Gasteiger partial charge in [-0.3, -0.25) is 14.5 Å². The van der Waals surface area contributed by atoms with Crippen LogP contribution in [0.2, 0.25) is 0 Å². The number of carboxylic acid groups (broad SMARTS) is 1. The van der Waals surface area contributed by atoms with Gasteiger partial charge in [-0.25, -0.2) is 0 Å². The first-order valence-corrected chi connectivity index (χ1v) is 7.75. The molecule has 1 atom stereocenters. The second-order valence-corrected chi connectivity index (χ2v) is 6.39. The van der Waals surface area contributed by atoms with Gasteiger partial charge in [0.15, 0.2) is 0 Å². The van der Waals surface area contributed by atoms with Gasteiger partial charge in [-0.05, 0) is 39.7 Å². The van der Waals surface area contributed by atoms with Crippen LogP contribution in [-0.4, -0.2) is 58.5 Å². The average Bonchev–Trinajstić information content (AvgIpc) is 2.99. The van der Waals surface area contributed by atoms with Crippen molar-refractivity contribution in [3.63, 3.8) is 0 Å². The third kappa shape index (κ3) is 3.51. The lowest BCUT2D eigenvalue weighted by Crippen LogP contribution is -2.48. The van der Waals surface area contributed by atoms with Crippen LogP contribution in [0.5, 0.6) is 0 Å². The summed E-state index contributed by atoms with van der Waals surface area (Å²) in [5.74, 6) is -0.879. The Hall–Kier alpha value is -1.10. The summed E-state index contributed by atoms with van der Waals surface area (Å²) in [5.41, 5.74) is 0. The van der Waals surface area contributed by atoms with E-state index in [0.717, 1.165) is 19.4 Å². The Morgan fingerprint density at radius 1 is 1.25 bits per heavy atom. The Morgan fingerprint density at radius 3 is 2.40 bits per heavy atom. The fourth-order valence-electron chi connectivity index (χ4n) is 3.55. The molecule has 20 heavy (non-hydrogen) atoms. The van der Waals surface area contributed by atoms with Gasteiger partial charge in [-0.2, -0.15) is 0 Å². The monoisotopic (exact) mass is 282 g/mol. The molecule has 1 saturated heterocycles. The fraction of sp³-hybridized carbons (Fsp3) is 0.867. The summed E-state index contributed by atoms with van der Waals surface area (Å²) in [5, 5.41) is 9.01. The molecular weight excluding hydrogens is 256 g/mol. The van der Waals surface area contributed by atoms with Crippen molar-refractivity contribution >= 4 is 11.9 Å². The number of aliphatic carboxylic acids is 1. The van der Waals surface area contributed by atoms with Crippen molar-refractivity contribution in [1.29, 1.82) is 0 Å². The Labute approximate surface area is 120 Å². The van der Waals surface area contributed by atoms with Gasteiger partial charge in [0.2, 0.25) is 5.91 Å². The Kier molecular flexibility index (Phi) is 5.02.